The smallest absolute Gasteiger partial charge is 0.331 e. The third-order valence-corrected chi connectivity index (χ3v) is 8.03. The third-order valence-electron chi connectivity index (χ3n) is 7.51. The topological polar surface area (TPSA) is 96.0 Å². The van der Waals surface area contributed by atoms with Crippen molar-refractivity contribution in [2.45, 2.75) is 65.6 Å². The van der Waals surface area contributed by atoms with Gasteiger partial charge in [-0.25, -0.2) is 4.79 Å². The first-order chi connectivity index (χ1) is 14.9. The molecule has 1 heterocycles. The molecule has 0 N–H and O–H groups in total. The van der Waals surface area contributed by atoms with Gasteiger partial charge in [0, 0.05) is 40.9 Å². The van der Waals surface area contributed by atoms with Gasteiger partial charge in [-0.15, -0.1) is 0 Å². The highest BCUT2D eigenvalue weighted by Gasteiger charge is 2.72. The van der Waals surface area contributed by atoms with Gasteiger partial charge in [-0.3, -0.25) is 13.8 Å². The molecule has 2 aliphatic carbocycles. The van der Waals surface area contributed by atoms with Crippen LogP contribution < -0.4 is 0 Å². The van der Waals surface area contributed by atoms with Crippen LogP contribution in [0.1, 0.15) is 53.4 Å². The zero-order valence-corrected chi connectivity index (χ0v) is 20.4. The van der Waals surface area contributed by atoms with Crippen LogP contribution in [0.25, 0.3) is 0 Å². The van der Waals surface area contributed by atoms with Gasteiger partial charge < -0.3 is 14.2 Å². The highest BCUT2D eigenvalue weighted by Crippen LogP contribution is 2.66. The Bertz CT molecular complexity index is 844. The van der Waals surface area contributed by atoms with Crippen LogP contribution in [-0.4, -0.2) is 47.2 Å². The van der Waals surface area contributed by atoms with Crippen LogP contribution in [0.15, 0.2) is 23.6 Å². The minimum absolute atomic E-state index is 0.101. The monoisotopic (exact) mass is 466 g/mol. The molecule has 1 spiro atoms. The predicted molar refractivity (Wildman–Crippen MR) is 120 cm³/mol. The number of fused-ring (bicyclic) bond motifs is 1. The minimum atomic E-state index is -1.27. The highest BCUT2D eigenvalue weighted by atomic mass is 32.2. The van der Waals surface area contributed by atoms with E-state index in [0.29, 0.717) is 18.4 Å². The molecule has 8 heteroatoms. The van der Waals surface area contributed by atoms with Gasteiger partial charge in [-0.05, 0) is 42.1 Å². The lowest BCUT2D eigenvalue weighted by Gasteiger charge is -2.46. The fourth-order valence-electron chi connectivity index (χ4n) is 5.76. The molecule has 0 bridgehead atoms. The molecule has 2 saturated carbocycles. The van der Waals surface area contributed by atoms with Crippen LogP contribution in [0.3, 0.4) is 0 Å². The SMILES string of the molecule is C=C1COC(=O)C12CC1(C)C(C)CCC(OC(=O)C=CS(C)=O)C1C2OC(=O)CC(C)C. The van der Waals surface area contributed by atoms with E-state index in [0.717, 1.165) is 6.42 Å². The predicted octanol–water partition coefficient (Wildman–Crippen LogP) is 3.30. The number of hydrogen-bond acceptors (Lipinski definition) is 7. The first kappa shape index (κ1) is 24.7. The van der Waals surface area contributed by atoms with Crippen LogP contribution >= 0.6 is 0 Å². The molecule has 0 aromatic heterocycles. The van der Waals surface area contributed by atoms with Gasteiger partial charge in [-0.1, -0.05) is 34.3 Å². The maximum Gasteiger partial charge on any atom is 0.331 e. The second-order valence-corrected chi connectivity index (χ2v) is 11.4. The lowest BCUT2D eigenvalue weighted by Crippen LogP contribution is -2.50. The fourth-order valence-corrected chi connectivity index (χ4v) is 6.06. The summed E-state index contributed by atoms with van der Waals surface area (Å²) in [5, 5.41) is 1.28. The lowest BCUT2D eigenvalue weighted by molar-refractivity contribution is -0.174. The standard InChI is InChI=1S/C24H34O7S/c1-14(2)11-19(26)31-21-20-17(30-18(25)9-10-32(6)28)8-7-15(3)23(20,5)13-24(21)16(4)12-29-22(24)27/h9-10,14-15,17,20-21H,4,7-8,11-13H2,1-3,5-6H3. The van der Waals surface area contributed by atoms with Crippen LogP contribution in [0.5, 0.6) is 0 Å². The van der Waals surface area contributed by atoms with E-state index in [-0.39, 0.29) is 36.8 Å². The summed E-state index contributed by atoms with van der Waals surface area (Å²) in [5.41, 5.74) is -0.940. The van der Waals surface area contributed by atoms with Crippen LogP contribution in [0.2, 0.25) is 0 Å². The highest BCUT2D eigenvalue weighted by molar-refractivity contribution is 7.87. The van der Waals surface area contributed by atoms with E-state index < -0.39 is 45.8 Å². The Morgan fingerprint density at radius 1 is 1.31 bits per heavy atom. The first-order valence-corrected chi connectivity index (χ1v) is 12.8. The van der Waals surface area contributed by atoms with Crippen molar-refractivity contribution in [1.82, 2.24) is 0 Å². The Morgan fingerprint density at radius 3 is 2.56 bits per heavy atom. The summed E-state index contributed by atoms with van der Waals surface area (Å²) in [6.45, 7) is 12.3. The molecule has 32 heavy (non-hydrogen) atoms. The number of hydrogen-bond donors (Lipinski definition) is 0. The molecule has 3 fully saturated rings. The Morgan fingerprint density at radius 2 is 2.00 bits per heavy atom. The average Bonchev–Trinajstić information content (AvgIpc) is 3.12. The van der Waals surface area contributed by atoms with Gasteiger partial charge in [0.2, 0.25) is 0 Å². The summed E-state index contributed by atoms with van der Waals surface area (Å²) < 4.78 is 28.5. The van der Waals surface area contributed by atoms with Crippen LogP contribution in [-0.2, 0) is 39.4 Å². The van der Waals surface area contributed by atoms with E-state index in [4.69, 9.17) is 14.2 Å². The van der Waals surface area contributed by atoms with Crippen molar-refractivity contribution in [3.63, 3.8) is 0 Å². The zero-order valence-electron chi connectivity index (χ0n) is 19.6. The Kier molecular flexibility index (Phi) is 7.03. The van der Waals surface area contributed by atoms with E-state index in [2.05, 4.69) is 20.4 Å². The number of cyclic esters (lactones) is 1. The largest absolute Gasteiger partial charge is 0.460 e. The van der Waals surface area contributed by atoms with Gasteiger partial charge in [0.05, 0.1) is 0 Å². The summed E-state index contributed by atoms with van der Waals surface area (Å²) in [5.74, 6) is -1.46. The van der Waals surface area contributed by atoms with Crippen molar-refractivity contribution in [2.24, 2.45) is 28.6 Å². The lowest BCUT2D eigenvalue weighted by atomic mass is 9.61. The third kappa shape index (κ3) is 4.30. The number of rotatable bonds is 6. The van der Waals surface area contributed by atoms with Gasteiger partial charge in [0.15, 0.2) is 0 Å². The Balaban J connectivity index is 2.02. The molecule has 3 aliphatic rings. The van der Waals surface area contributed by atoms with Gasteiger partial charge in [0.1, 0.15) is 24.2 Å². The molecule has 3 rings (SSSR count). The molecule has 1 aliphatic heterocycles. The van der Waals surface area contributed by atoms with Crippen molar-refractivity contribution in [3.05, 3.63) is 23.6 Å². The fraction of sp³-hybridized carbons (Fsp3) is 0.708. The van der Waals surface area contributed by atoms with Gasteiger partial charge in [0.25, 0.3) is 0 Å². The van der Waals surface area contributed by atoms with Gasteiger partial charge in [-0.2, -0.15) is 0 Å². The van der Waals surface area contributed by atoms with E-state index in [1.165, 1.54) is 17.7 Å². The van der Waals surface area contributed by atoms with Crippen molar-refractivity contribution >= 4 is 28.7 Å². The maximum atomic E-state index is 13.1. The molecular formula is C24H34O7S. The molecule has 1 saturated heterocycles. The summed E-state index contributed by atoms with van der Waals surface area (Å²) in [6, 6.07) is 0. The molecule has 0 amide bonds. The van der Waals surface area contributed by atoms with Crippen LogP contribution in [0, 0.1) is 28.6 Å². The Hall–Kier alpha value is -1.96. The minimum Gasteiger partial charge on any atom is -0.460 e. The molecular weight excluding hydrogens is 432 g/mol. The van der Waals surface area contributed by atoms with Crippen molar-refractivity contribution < 1.29 is 32.8 Å². The second-order valence-electron chi connectivity index (χ2n) is 10.1. The number of carbonyl (C=O) groups is 3. The van der Waals surface area contributed by atoms with E-state index in [1.807, 2.05) is 13.8 Å². The summed E-state index contributed by atoms with van der Waals surface area (Å²) in [4.78, 5) is 38.3. The summed E-state index contributed by atoms with van der Waals surface area (Å²) in [7, 11) is -1.27. The van der Waals surface area contributed by atoms with E-state index in [9.17, 15) is 18.6 Å². The second kappa shape index (κ2) is 9.12. The zero-order chi connectivity index (χ0) is 23.8. The first-order valence-electron chi connectivity index (χ1n) is 11.2. The average molecular weight is 467 g/mol. The van der Waals surface area contributed by atoms with Crippen molar-refractivity contribution in [3.8, 4) is 0 Å². The van der Waals surface area contributed by atoms with E-state index >= 15 is 0 Å². The summed E-state index contributed by atoms with van der Waals surface area (Å²) >= 11 is 0. The Labute approximate surface area is 192 Å². The normalized spacial score (nSPS) is 37.6. The van der Waals surface area contributed by atoms with Crippen molar-refractivity contribution in [1.29, 1.82) is 0 Å². The molecule has 7 unspecified atom stereocenters. The number of ether oxygens (including phenoxy) is 3. The van der Waals surface area contributed by atoms with E-state index in [1.54, 1.807) is 0 Å². The molecule has 0 aromatic carbocycles. The number of carbonyl (C=O) groups excluding carboxylic acids is 3. The molecule has 7 atom stereocenters. The summed E-state index contributed by atoms with van der Waals surface area (Å²) in [6.07, 6.45) is 3.32. The van der Waals surface area contributed by atoms with Crippen molar-refractivity contribution in [2.75, 3.05) is 12.9 Å². The molecule has 0 radical (unpaired) electrons. The molecule has 178 valence electrons. The molecule has 0 aromatic rings. The quantitative estimate of drug-likeness (QED) is 0.256. The van der Waals surface area contributed by atoms with Crippen LogP contribution in [0.4, 0.5) is 0 Å². The maximum absolute atomic E-state index is 13.1. The number of esters is 3. The van der Waals surface area contributed by atoms with Gasteiger partial charge >= 0.3 is 17.9 Å². The molecule has 7 nitrogen and oxygen atoms in total.